The van der Waals surface area contributed by atoms with Crippen LogP contribution in [0.4, 0.5) is 0 Å². The van der Waals surface area contributed by atoms with E-state index in [9.17, 15) is 22.8 Å². The molecule has 1 aromatic heterocycles. The highest BCUT2D eigenvalue weighted by Gasteiger charge is 2.41. The van der Waals surface area contributed by atoms with E-state index in [0.29, 0.717) is 12.0 Å². The summed E-state index contributed by atoms with van der Waals surface area (Å²) in [7, 11) is -3.91. The molecule has 0 aliphatic carbocycles. The minimum Gasteiger partial charge on any atom is -0.322 e. The zero-order chi connectivity index (χ0) is 24.6. The molecule has 3 aromatic rings. The first kappa shape index (κ1) is 22.9. The Morgan fingerprint density at radius 3 is 2.63 bits per heavy atom. The summed E-state index contributed by atoms with van der Waals surface area (Å²) in [5, 5.41) is 6.57. The lowest BCUT2D eigenvalue weighted by atomic mass is 10.0. The zero-order valence-corrected chi connectivity index (χ0v) is 19.5. The molecular formula is C24H23N5O5S. The molecule has 3 amide bonds. The molecule has 0 radical (unpaired) electrons. The third kappa shape index (κ3) is 4.47. The van der Waals surface area contributed by atoms with Gasteiger partial charge in [-0.05, 0) is 42.7 Å². The molecule has 2 N–H and O–H groups in total. The van der Waals surface area contributed by atoms with Crippen LogP contribution in [0.3, 0.4) is 0 Å². The molecule has 0 saturated carbocycles. The van der Waals surface area contributed by atoms with Gasteiger partial charge >= 0.3 is 0 Å². The number of nitrogens with one attached hydrogen (secondary N) is 2. The number of hydrogen-bond donors (Lipinski definition) is 2. The van der Waals surface area contributed by atoms with Gasteiger partial charge in [-0.3, -0.25) is 19.7 Å². The Hall–Kier alpha value is -3.83. The second kappa shape index (κ2) is 9.08. The third-order valence-corrected chi connectivity index (χ3v) is 7.74. The van der Waals surface area contributed by atoms with Crippen LogP contribution in [0.5, 0.6) is 0 Å². The number of carbonyl (C=O) groups excluding carboxylic acids is 3. The van der Waals surface area contributed by atoms with Crippen LogP contribution in [0.2, 0.25) is 0 Å². The monoisotopic (exact) mass is 493 g/mol. The van der Waals surface area contributed by atoms with Gasteiger partial charge in [-0.25, -0.2) is 17.8 Å². The molecule has 3 heterocycles. The van der Waals surface area contributed by atoms with Crippen LogP contribution >= 0.6 is 0 Å². The minimum absolute atomic E-state index is 0.0122. The van der Waals surface area contributed by atoms with Crippen LogP contribution < -0.4 is 10.0 Å². The summed E-state index contributed by atoms with van der Waals surface area (Å²) in [6.07, 6.45) is 4.31. The molecule has 1 fully saturated rings. The van der Waals surface area contributed by atoms with E-state index in [0.717, 1.165) is 11.3 Å². The van der Waals surface area contributed by atoms with E-state index in [4.69, 9.17) is 0 Å². The fourth-order valence-electron chi connectivity index (χ4n) is 4.43. The van der Waals surface area contributed by atoms with E-state index >= 15 is 0 Å². The Bertz CT molecular complexity index is 1420. The number of fused-ring (bicyclic) bond motifs is 1. The van der Waals surface area contributed by atoms with E-state index in [-0.39, 0.29) is 42.3 Å². The number of piperidine rings is 1. The molecule has 2 aliphatic heterocycles. The van der Waals surface area contributed by atoms with Gasteiger partial charge in [0.2, 0.25) is 21.8 Å². The topological polar surface area (TPSA) is 130 Å². The van der Waals surface area contributed by atoms with Crippen molar-refractivity contribution < 1.29 is 22.8 Å². The highest BCUT2D eigenvalue weighted by Crippen LogP contribution is 2.31. The van der Waals surface area contributed by atoms with Crippen molar-refractivity contribution in [1.29, 1.82) is 0 Å². The van der Waals surface area contributed by atoms with Crippen LogP contribution in [-0.4, -0.2) is 53.4 Å². The first-order chi connectivity index (χ1) is 16.8. The second-order valence-corrected chi connectivity index (χ2v) is 10.2. The second-order valence-electron chi connectivity index (χ2n) is 8.46. The summed E-state index contributed by atoms with van der Waals surface area (Å²) in [5.41, 5.74) is 2.38. The highest BCUT2D eigenvalue weighted by atomic mass is 32.2. The minimum atomic E-state index is -3.91. The number of carbonyl (C=O) groups is 3. The first-order valence-electron chi connectivity index (χ1n) is 11.2. The van der Waals surface area contributed by atoms with E-state index in [2.05, 4.69) is 15.1 Å². The van der Waals surface area contributed by atoms with Crippen molar-refractivity contribution >= 4 is 27.7 Å². The first-order valence-corrected chi connectivity index (χ1v) is 12.7. The Kier molecular flexibility index (Phi) is 5.95. The van der Waals surface area contributed by atoms with Crippen LogP contribution in [0.1, 0.15) is 34.3 Å². The van der Waals surface area contributed by atoms with Crippen LogP contribution in [0, 0.1) is 0 Å². The Balaban J connectivity index is 1.28. The number of benzene rings is 2. The van der Waals surface area contributed by atoms with Crippen molar-refractivity contribution in [1.82, 2.24) is 24.7 Å². The van der Waals surface area contributed by atoms with Crippen molar-refractivity contribution in [2.75, 3.05) is 6.54 Å². The van der Waals surface area contributed by atoms with Crippen molar-refractivity contribution in [2.45, 2.75) is 36.7 Å². The summed E-state index contributed by atoms with van der Waals surface area (Å²) in [5.74, 6) is -1.34. The normalized spacial score (nSPS) is 18.0. The summed E-state index contributed by atoms with van der Waals surface area (Å²) >= 11 is 0. The molecule has 0 bridgehead atoms. The number of aromatic nitrogens is 2. The summed E-state index contributed by atoms with van der Waals surface area (Å²) in [6.45, 7) is 0.138. The number of rotatable bonds is 7. The summed E-state index contributed by atoms with van der Waals surface area (Å²) in [6, 6.07) is 13.3. The number of amides is 3. The fraction of sp³-hybridized carbons (Fsp3) is 0.250. The molecule has 10 nitrogen and oxygen atoms in total. The molecule has 1 atom stereocenters. The maximum absolute atomic E-state index is 13.1. The number of para-hydroxylation sites is 1. The molecule has 1 saturated heterocycles. The van der Waals surface area contributed by atoms with Gasteiger partial charge in [0.05, 0.1) is 16.8 Å². The zero-order valence-electron chi connectivity index (χ0n) is 18.7. The van der Waals surface area contributed by atoms with Gasteiger partial charge < -0.3 is 4.90 Å². The Labute approximate surface area is 202 Å². The van der Waals surface area contributed by atoms with Gasteiger partial charge in [0, 0.05) is 36.8 Å². The smallest absolute Gasteiger partial charge is 0.255 e. The largest absolute Gasteiger partial charge is 0.322 e. The molecule has 11 heteroatoms. The standard InChI is InChI=1S/C24H23N5O5S/c30-22-10-9-20(23(31)27-22)28-15-19-18(24(28)32)7-4-8-21(19)35(33,34)26-12-11-16-13-25-29(14-16)17-5-2-1-3-6-17/h1-8,13-14,20,26H,9-12,15H2,(H,27,30,31). The van der Waals surface area contributed by atoms with Gasteiger partial charge in [-0.1, -0.05) is 24.3 Å². The van der Waals surface area contributed by atoms with Crippen molar-refractivity contribution in [2.24, 2.45) is 0 Å². The molecule has 35 heavy (non-hydrogen) atoms. The van der Waals surface area contributed by atoms with Crippen LogP contribution in [0.25, 0.3) is 5.69 Å². The van der Waals surface area contributed by atoms with Gasteiger partial charge in [-0.2, -0.15) is 5.10 Å². The number of sulfonamides is 1. The Morgan fingerprint density at radius 2 is 1.86 bits per heavy atom. The summed E-state index contributed by atoms with van der Waals surface area (Å²) in [4.78, 5) is 38.0. The predicted molar refractivity (Wildman–Crippen MR) is 125 cm³/mol. The number of imide groups is 1. The van der Waals surface area contributed by atoms with Gasteiger partial charge in [0.25, 0.3) is 5.91 Å². The van der Waals surface area contributed by atoms with Crippen LogP contribution in [0.15, 0.2) is 65.8 Å². The SMILES string of the molecule is O=C1CCC(N2Cc3c(cccc3S(=O)(=O)NCCc3cnn(-c4ccccc4)c3)C2=O)C(=O)N1. The molecule has 0 spiro atoms. The van der Waals surface area contributed by atoms with E-state index < -0.39 is 27.9 Å². The van der Waals surface area contributed by atoms with E-state index in [1.165, 1.54) is 17.0 Å². The van der Waals surface area contributed by atoms with Crippen molar-refractivity contribution in [3.05, 3.63) is 77.6 Å². The molecule has 2 aromatic carbocycles. The van der Waals surface area contributed by atoms with Crippen molar-refractivity contribution in [3.63, 3.8) is 0 Å². The van der Waals surface area contributed by atoms with Gasteiger partial charge in [0.1, 0.15) is 6.04 Å². The maximum atomic E-state index is 13.1. The molecular weight excluding hydrogens is 470 g/mol. The molecule has 1 unspecified atom stereocenters. The molecule has 5 rings (SSSR count). The Morgan fingerprint density at radius 1 is 1.06 bits per heavy atom. The summed E-state index contributed by atoms with van der Waals surface area (Å²) < 4.78 is 30.6. The number of hydrogen-bond acceptors (Lipinski definition) is 6. The lowest BCUT2D eigenvalue weighted by Gasteiger charge is -2.29. The lowest BCUT2D eigenvalue weighted by Crippen LogP contribution is -2.52. The van der Waals surface area contributed by atoms with Crippen molar-refractivity contribution in [3.8, 4) is 5.69 Å². The lowest BCUT2D eigenvalue weighted by molar-refractivity contribution is -0.136. The predicted octanol–water partition coefficient (Wildman–Crippen LogP) is 1.15. The van der Waals surface area contributed by atoms with Gasteiger partial charge in [-0.15, -0.1) is 0 Å². The average molecular weight is 494 g/mol. The fourth-order valence-corrected chi connectivity index (χ4v) is 5.71. The molecule has 2 aliphatic rings. The number of nitrogens with zero attached hydrogens (tertiary/aromatic N) is 3. The average Bonchev–Trinajstić information content (AvgIpc) is 3.44. The van der Waals surface area contributed by atoms with Gasteiger partial charge in [0.15, 0.2) is 0 Å². The van der Waals surface area contributed by atoms with E-state index in [1.807, 2.05) is 36.5 Å². The van der Waals surface area contributed by atoms with Crippen LogP contribution in [-0.2, 0) is 32.6 Å². The molecule has 180 valence electrons. The van der Waals surface area contributed by atoms with E-state index in [1.54, 1.807) is 16.9 Å². The highest BCUT2D eigenvalue weighted by molar-refractivity contribution is 7.89. The quantitative estimate of drug-likeness (QED) is 0.475. The maximum Gasteiger partial charge on any atom is 0.255 e. The third-order valence-electron chi connectivity index (χ3n) is 6.19.